The first-order valence-electron chi connectivity index (χ1n) is 7.39. The second kappa shape index (κ2) is 6.48. The molecule has 5 nitrogen and oxygen atoms in total. The SMILES string of the molecule is CC(C)(C)NCc1cn(CCN2CCCCC2)nn1. The van der Waals surface area contributed by atoms with Gasteiger partial charge in [0, 0.05) is 24.8 Å². The third-order valence-electron chi connectivity index (χ3n) is 3.48. The number of nitrogens with one attached hydrogen (secondary N) is 1. The number of hydrogen-bond donors (Lipinski definition) is 1. The molecule has 2 heterocycles. The number of rotatable bonds is 5. The highest BCUT2D eigenvalue weighted by Gasteiger charge is 2.12. The Labute approximate surface area is 116 Å². The molecule has 1 aromatic heterocycles. The Morgan fingerprint density at radius 3 is 2.58 bits per heavy atom. The summed E-state index contributed by atoms with van der Waals surface area (Å²) < 4.78 is 1.97. The molecule has 0 radical (unpaired) electrons. The van der Waals surface area contributed by atoms with Crippen LogP contribution in [0.1, 0.15) is 45.7 Å². The molecule has 2 rings (SSSR count). The first-order chi connectivity index (χ1) is 9.03. The molecule has 108 valence electrons. The van der Waals surface area contributed by atoms with Gasteiger partial charge in [-0.2, -0.15) is 0 Å². The van der Waals surface area contributed by atoms with E-state index in [1.54, 1.807) is 0 Å². The van der Waals surface area contributed by atoms with Crippen LogP contribution < -0.4 is 5.32 Å². The number of aromatic nitrogens is 3. The van der Waals surface area contributed by atoms with Gasteiger partial charge in [-0.05, 0) is 46.7 Å². The third-order valence-corrected chi connectivity index (χ3v) is 3.48. The van der Waals surface area contributed by atoms with Crippen LogP contribution in [0.3, 0.4) is 0 Å². The van der Waals surface area contributed by atoms with Gasteiger partial charge in [0.05, 0.1) is 12.2 Å². The fourth-order valence-electron chi connectivity index (χ4n) is 2.31. The molecule has 5 heteroatoms. The normalized spacial score (nSPS) is 17.8. The van der Waals surface area contributed by atoms with Gasteiger partial charge in [-0.25, -0.2) is 0 Å². The smallest absolute Gasteiger partial charge is 0.0965 e. The van der Waals surface area contributed by atoms with Crippen molar-refractivity contribution in [2.45, 2.75) is 58.7 Å². The molecule has 1 aromatic rings. The minimum absolute atomic E-state index is 0.123. The summed E-state index contributed by atoms with van der Waals surface area (Å²) in [6.45, 7) is 11.8. The van der Waals surface area contributed by atoms with E-state index < -0.39 is 0 Å². The van der Waals surface area contributed by atoms with E-state index in [2.05, 4.69) is 47.5 Å². The summed E-state index contributed by atoms with van der Waals surface area (Å²) in [4.78, 5) is 2.53. The zero-order valence-electron chi connectivity index (χ0n) is 12.5. The first-order valence-corrected chi connectivity index (χ1v) is 7.39. The van der Waals surface area contributed by atoms with E-state index in [0.717, 1.165) is 25.3 Å². The summed E-state index contributed by atoms with van der Waals surface area (Å²) in [5.41, 5.74) is 1.14. The zero-order chi connectivity index (χ0) is 13.7. The van der Waals surface area contributed by atoms with Crippen molar-refractivity contribution in [1.29, 1.82) is 0 Å². The van der Waals surface area contributed by atoms with Gasteiger partial charge in [-0.15, -0.1) is 5.10 Å². The summed E-state index contributed by atoms with van der Waals surface area (Å²) in [5, 5.41) is 11.8. The van der Waals surface area contributed by atoms with Crippen LogP contribution in [0.2, 0.25) is 0 Å². The molecule has 1 saturated heterocycles. The maximum Gasteiger partial charge on any atom is 0.0965 e. The average molecular weight is 265 g/mol. The van der Waals surface area contributed by atoms with Crippen molar-refractivity contribution in [1.82, 2.24) is 25.2 Å². The van der Waals surface area contributed by atoms with Crippen LogP contribution in [0, 0.1) is 0 Å². The summed E-state index contributed by atoms with van der Waals surface area (Å²) in [6, 6.07) is 0. The molecule has 0 saturated carbocycles. The summed E-state index contributed by atoms with van der Waals surface area (Å²) >= 11 is 0. The Morgan fingerprint density at radius 2 is 1.89 bits per heavy atom. The van der Waals surface area contributed by atoms with Crippen molar-refractivity contribution in [2.75, 3.05) is 19.6 Å². The molecule has 0 aliphatic carbocycles. The highest BCUT2D eigenvalue weighted by molar-refractivity contribution is 4.93. The molecule has 0 atom stereocenters. The molecule has 0 amide bonds. The van der Waals surface area contributed by atoms with Crippen molar-refractivity contribution >= 4 is 0 Å². The highest BCUT2D eigenvalue weighted by atomic mass is 15.4. The predicted molar refractivity (Wildman–Crippen MR) is 76.9 cm³/mol. The van der Waals surface area contributed by atoms with Gasteiger partial charge in [-0.3, -0.25) is 4.68 Å². The molecule has 0 unspecified atom stereocenters. The van der Waals surface area contributed by atoms with Crippen molar-refractivity contribution < 1.29 is 0 Å². The topological polar surface area (TPSA) is 46.0 Å². The maximum absolute atomic E-state index is 4.21. The Kier molecular flexibility index (Phi) is 4.93. The highest BCUT2D eigenvalue weighted by Crippen LogP contribution is 2.08. The Balaban J connectivity index is 1.74. The lowest BCUT2D eigenvalue weighted by Crippen LogP contribution is -2.35. The number of nitrogens with zero attached hydrogens (tertiary/aromatic N) is 4. The first kappa shape index (κ1) is 14.5. The largest absolute Gasteiger partial charge is 0.306 e. The van der Waals surface area contributed by atoms with E-state index in [9.17, 15) is 0 Å². The van der Waals surface area contributed by atoms with Crippen LogP contribution in [0.25, 0.3) is 0 Å². The van der Waals surface area contributed by atoms with E-state index in [-0.39, 0.29) is 5.54 Å². The van der Waals surface area contributed by atoms with Crippen LogP contribution in [0.15, 0.2) is 6.20 Å². The lowest BCUT2D eigenvalue weighted by molar-refractivity contribution is 0.217. The molecule has 1 fully saturated rings. The maximum atomic E-state index is 4.21. The third kappa shape index (κ3) is 5.28. The van der Waals surface area contributed by atoms with Gasteiger partial charge in [0.1, 0.15) is 0 Å². The fraction of sp³-hybridized carbons (Fsp3) is 0.857. The average Bonchev–Trinajstić information content (AvgIpc) is 2.82. The lowest BCUT2D eigenvalue weighted by atomic mass is 10.1. The number of likely N-dealkylation sites (tertiary alicyclic amines) is 1. The molecule has 19 heavy (non-hydrogen) atoms. The van der Waals surface area contributed by atoms with Crippen molar-refractivity contribution in [3.05, 3.63) is 11.9 Å². The molecule has 0 bridgehead atoms. The summed E-state index contributed by atoms with van der Waals surface area (Å²) in [7, 11) is 0. The van der Waals surface area contributed by atoms with Gasteiger partial charge in [0.2, 0.25) is 0 Å². The minimum atomic E-state index is 0.123. The molecule has 0 spiro atoms. The fourth-order valence-corrected chi connectivity index (χ4v) is 2.31. The van der Waals surface area contributed by atoms with E-state index in [0.29, 0.717) is 0 Å². The lowest BCUT2D eigenvalue weighted by Gasteiger charge is -2.25. The zero-order valence-corrected chi connectivity index (χ0v) is 12.5. The monoisotopic (exact) mass is 265 g/mol. The van der Waals surface area contributed by atoms with Crippen molar-refractivity contribution in [3.63, 3.8) is 0 Å². The quantitative estimate of drug-likeness (QED) is 0.879. The van der Waals surface area contributed by atoms with Gasteiger partial charge in [-0.1, -0.05) is 11.6 Å². The second-order valence-electron chi connectivity index (χ2n) is 6.48. The van der Waals surface area contributed by atoms with Crippen LogP contribution in [0.4, 0.5) is 0 Å². The molecule has 0 aromatic carbocycles. The second-order valence-corrected chi connectivity index (χ2v) is 6.48. The Morgan fingerprint density at radius 1 is 1.16 bits per heavy atom. The van der Waals surface area contributed by atoms with Gasteiger partial charge >= 0.3 is 0 Å². The Bertz CT molecular complexity index is 373. The van der Waals surface area contributed by atoms with Crippen LogP contribution in [-0.4, -0.2) is 45.1 Å². The summed E-state index contributed by atoms with van der Waals surface area (Å²) in [5.74, 6) is 0. The summed E-state index contributed by atoms with van der Waals surface area (Å²) in [6.07, 6.45) is 6.14. The molecular formula is C14H27N5. The van der Waals surface area contributed by atoms with E-state index in [4.69, 9.17) is 0 Å². The van der Waals surface area contributed by atoms with Crippen LogP contribution in [0.5, 0.6) is 0 Å². The van der Waals surface area contributed by atoms with Crippen molar-refractivity contribution in [3.8, 4) is 0 Å². The van der Waals surface area contributed by atoms with Crippen LogP contribution in [-0.2, 0) is 13.1 Å². The van der Waals surface area contributed by atoms with Gasteiger partial charge in [0.15, 0.2) is 0 Å². The molecular weight excluding hydrogens is 238 g/mol. The number of piperidine rings is 1. The Hall–Kier alpha value is -0.940. The van der Waals surface area contributed by atoms with Crippen molar-refractivity contribution in [2.24, 2.45) is 0 Å². The molecule has 1 N–H and O–H groups in total. The van der Waals surface area contributed by atoms with E-state index in [1.807, 2.05) is 4.68 Å². The standard InChI is InChI=1S/C14H27N5/c1-14(2,3)15-11-13-12-19(17-16-13)10-9-18-7-5-4-6-8-18/h12,15H,4-11H2,1-3H3. The van der Waals surface area contributed by atoms with Gasteiger partial charge in [0.25, 0.3) is 0 Å². The van der Waals surface area contributed by atoms with Gasteiger partial charge < -0.3 is 10.2 Å². The predicted octanol–water partition coefficient (Wildman–Crippen LogP) is 1.65. The van der Waals surface area contributed by atoms with E-state index in [1.165, 1.54) is 32.4 Å². The number of hydrogen-bond acceptors (Lipinski definition) is 4. The molecule has 1 aliphatic heterocycles. The minimum Gasteiger partial charge on any atom is -0.306 e. The van der Waals surface area contributed by atoms with Crippen LogP contribution >= 0.6 is 0 Å². The molecule has 1 aliphatic rings. The van der Waals surface area contributed by atoms with E-state index >= 15 is 0 Å².